The molecule has 0 saturated carbocycles. The molecule has 3 aliphatic heterocycles. The molecule has 4 rings (SSSR count). The van der Waals surface area contributed by atoms with Crippen molar-refractivity contribution in [2.75, 3.05) is 26.6 Å². The molecule has 0 radical (unpaired) electrons. The third-order valence-corrected chi connectivity index (χ3v) is 22.6. The van der Waals surface area contributed by atoms with Crippen LogP contribution in [-0.2, 0) is 135 Å². The maximum Gasteiger partial charge on any atom is 0.217 e. The summed E-state index contributed by atoms with van der Waals surface area (Å²) in [5.74, 6) is -2.04. The minimum Gasteiger partial charge on any atom is -0.748 e. The van der Waals surface area contributed by atoms with E-state index < -0.39 is 208 Å². The average molecular weight is 1340 g/mol. The number of ether oxygens (including phenoxy) is 7. The fraction of sp³-hybridized carbons (Fsp3) is 0.829. The molecule has 1 aromatic rings. The Morgan fingerprint density at radius 2 is 0.925 bits per heavy atom. The van der Waals surface area contributed by atoms with Gasteiger partial charge in [0.2, 0.25) is 10.4 Å². The van der Waals surface area contributed by atoms with Gasteiger partial charge in [0.15, 0.2) is 18.9 Å². The van der Waals surface area contributed by atoms with Gasteiger partial charge in [-0.1, -0.05) is 51.1 Å². The summed E-state index contributed by atoms with van der Waals surface area (Å²) in [4.78, 5) is 0. The molecular weight excluding hydrogens is 1280 g/mol. The predicted molar refractivity (Wildman–Crippen MR) is 251 cm³/mol. The summed E-state index contributed by atoms with van der Waals surface area (Å²) in [5, 5.41) is -12.2. The first-order valence-electron chi connectivity index (χ1n) is 22.1. The number of hydrogen-bond acceptors (Lipinski definition) is 36. The number of benzene rings is 1. The van der Waals surface area contributed by atoms with Crippen molar-refractivity contribution in [3.8, 4) is 0 Å². The van der Waals surface area contributed by atoms with Crippen molar-refractivity contribution in [3.05, 3.63) is 35.9 Å². The van der Waals surface area contributed by atoms with E-state index in [2.05, 4.69) is 8.92 Å². The molecule has 472 valence electrons. The van der Waals surface area contributed by atoms with Crippen LogP contribution < -0.4 is 0 Å². The smallest absolute Gasteiger partial charge is 0.217 e. The highest BCUT2D eigenvalue weighted by Crippen LogP contribution is 2.39. The van der Waals surface area contributed by atoms with Crippen molar-refractivity contribution in [2.24, 2.45) is 5.92 Å². The van der Waals surface area contributed by atoms with Gasteiger partial charge in [-0.3, -0.25) is 4.18 Å². The zero-order valence-electron chi connectivity index (χ0n) is 41.9. The van der Waals surface area contributed by atoms with E-state index in [4.69, 9.17) is 33.5 Å². The molecule has 0 amide bonds. The summed E-state index contributed by atoms with van der Waals surface area (Å²) in [6.45, 7) is 3.86. The second kappa shape index (κ2) is 28.5. The van der Waals surface area contributed by atoms with Crippen molar-refractivity contribution < 1.29 is 159 Å². The molecule has 0 aliphatic carbocycles. The Morgan fingerprint density at radius 3 is 1.30 bits per heavy atom. The lowest BCUT2D eigenvalue weighted by molar-refractivity contribution is -0.250. The molecule has 17 unspecified atom stereocenters. The molecule has 1 aromatic carbocycles. The highest BCUT2D eigenvalue weighted by Gasteiger charge is 2.58. The van der Waals surface area contributed by atoms with Crippen LogP contribution >= 0.6 is 0 Å². The van der Waals surface area contributed by atoms with Crippen LogP contribution in [0.5, 0.6) is 0 Å². The molecule has 36 nitrogen and oxygen atoms in total. The van der Waals surface area contributed by atoms with E-state index in [1.54, 1.807) is 37.3 Å². The maximum absolute atomic E-state index is 12.0. The van der Waals surface area contributed by atoms with Crippen LogP contribution in [0, 0.1) is 5.92 Å². The largest absolute Gasteiger partial charge is 0.748 e. The van der Waals surface area contributed by atoms with Gasteiger partial charge in [-0.05, 0) is 25.3 Å². The van der Waals surface area contributed by atoms with E-state index in [-0.39, 0.29) is 13.0 Å². The van der Waals surface area contributed by atoms with Gasteiger partial charge in [0.25, 0.3) is 0 Å². The summed E-state index contributed by atoms with van der Waals surface area (Å²) in [6, 6.07) is 8.84. The summed E-state index contributed by atoms with van der Waals surface area (Å²) in [5.41, 5.74) is 0.737. The van der Waals surface area contributed by atoms with E-state index in [9.17, 15) is 117 Å². The molecule has 3 aliphatic rings. The summed E-state index contributed by atoms with van der Waals surface area (Å²) >= 11 is 0. The van der Waals surface area contributed by atoms with Crippen molar-refractivity contribution in [1.29, 1.82) is 0 Å². The predicted octanol–water partition coefficient (Wildman–Crippen LogP) is -5.96. The first-order valence-corrected chi connectivity index (χ1v) is 35.3. The molecule has 3 saturated heterocycles. The minimum absolute atomic E-state index is 0.00200. The minimum atomic E-state index is -6.23. The number of aliphatic hydroxyl groups excluding tert-OH is 1. The molecule has 45 heteroatoms. The lowest BCUT2D eigenvalue weighted by atomic mass is 9.94. The lowest BCUT2D eigenvalue weighted by Gasteiger charge is -2.50. The zero-order valence-corrected chi connectivity index (χ0v) is 49.2. The fourth-order valence-corrected chi connectivity index (χ4v) is 20.4. The van der Waals surface area contributed by atoms with E-state index in [1.165, 1.54) is 21.0 Å². The molecule has 3 fully saturated rings. The van der Waals surface area contributed by atoms with Crippen molar-refractivity contribution in [2.45, 2.75) is 146 Å². The van der Waals surface area contributed by atoms with Gasteiger partial charge in [0.1, 0.15) is 93.5 Å². The third-order valence-electron chi connectivity index (χ3n) is 11.8. The van der Waals surface area contributed by atoms with Gasteiger partial charge in [0.05, 0.1) is 79.8 Å². The zero-order chi connectivity index (χ0) is 62.3. The molecule has 0 spiro atoms. The Balaban J connectivity index is 0.000000484. The molecule has 0 aromatic heterocycles. The van der Waals surface area contributed by atoms with Crippen molar-refractivity contribution >= 4 is 91.3 Å². The maximum atomic E-state index is 12.0. The topological polar surface area (TPSA) is 609 Å². The Bertz CT molecular complexity index is 3120. The number of rotatable bonds is 23. The van der Waals surface area contributed by atoms with E-state index >= 15 is 0 Å². The van der Waals surface area contributed by atoms with Crippen LogP contribution in [0.25, 0.3) is 0 Å². The van der Waals surface area contributed by atoms with E-state index in [0.717, 1.165) is 12.5 Å². The van der Waals surface area contributed by atoms with Gasteiger partial charge in [-0.2, -0.15) is 0 Å². The SMILES string of the molecule is CCC(O)CC(C)OS(=O)(=O)[O-].CCC1OC(OCC2OC(OC)C(S(=O)(=O)[O-])C(S(=O)(=O)[O-])C2S(=O)(=O)[O-])C(S(=O)(=O)[O-])C(S(=O)(=O)[O-])C1S(=O)(=O)[O-].COC1OC(CS(=O)(=O)[O-])C(C)C(S(=O)(=O)[O-])C1OCc1ccccc1. The molecule has 80 heavy (non-hydrogen) atoms. The quantitative estimate of drug-likeness (QED) is 0.0787. The Kier molecular flexibility index (Phi) is 26.4. The first-order chi connectivity index (χ1) is 36.0. The summed E-state index contributed by atoms with van der Waals surface area (Å²) < 4.78 is 352. The molecule has 3 heterocycles. The van der Waals surface area contributed by atoms with E-state index in [1.807, 2.05) is 0 Å². The fourth-order valence-electron chi connectivity index (χ4n) is 8.47. The van der Waals surface area contributed by atoms with Gasteiger partial charge < -0.3 is 79.2 Å². The van der Waals surface area contributed by atoms with Crippen molar-refractivity contribution in [1.82, 2.24) is 0 Å². The van der Waals surface area contributed by atoms with Crippen LogP contribution in [-0.4, -0.2) is 241 Å². The second-order valence-electron chi connectivity index (χ2n) is 17.5. The van der Waals surface area contributed by atoms with Crippen LogP contribution in [0.3, 0.4) is 0 Å². The monoisotopic (exact) mass is 1340 g/mol. The summed E-state index contributed by atoms with van der Waals surface area (Å²) in [6.07, 6.45) is -15.6. The average Bonchev–Trinajstić information content (AvgIpc) is 3.26. The lowest BCUT2D eigenvalue weighted by Crippen LogP contribution is -2.67. The Hall–Kier alpha value is -1.95. The molecule has 0 bridgehead atoms. The van der Waals surface area contributed by atoms with Crippen LogP contribution in [0.15, 0.2) is 30.3 Å². The normalized spacial score (nSPS) is 31.3. The molecular formula is C35H53O36S9-9. The van der Waals surface area contributed by atoms with Gasteiger partial charge in [-0.25, -0.2) is 75.8 Å². The summed E-state index contributed by atoms with van der Waals surface area (Å²) in [7, 11) is -49.2. The number of aliphatic hydroxyl groups is 1. The van der Waals surface area contributed by atoms with Crippen molar-refractivity contribution in [3.63, 3.8) is 0 Å². The van der Waals surface area contributed by atoms with Gasteiger partial charge in [-0.15, -0.1) is 0 Å². The van der Waals surface area contributed by atoms with Crippen LogP contribution in [0.4, 0.5) is 0 Å². The highest BCUT2D eigenvalue weighted by atomic mass is 32.3. The van der Waals surface area contributed by atoms with Crippen LogP contribution in [0.2, 0.25) is 0 Å². The highest BCUT2D eigenvalue weighted by molar-refractivity contribution is 7.93. The Morgan fingerprint density at radius 1 is 0.525 bits per heavy atom. The Labute approximate surface area is 462 Å². The van der Waals surface area contributed by atoms with E-state index in [0.29, 0.717) is 13.5 Å². The van der Waals surface area contributed by atoms with Gasteiger partial charge >= 0.3 is 0 Å². The van der Waals surface area contributed by atoms with Gasteiger partial charge in [0, 0.05) is 26.6 Å². The standard InChI is InChI=1S/C15H22O9S2.C14H26O22S6.C6H14O5S/c1-10-12(9-25(16,17)18)24-15(22-2)13(14(10)26(19,20)21)23-8-11-6-4-3-5-7-11;1-3-5-7(37(15,16)17)9(39(21,22)23)12(42(30,31)32)14(35-5)34-4-6-8(38(18,19)20)10(40(24,25)26)11(41(27,28)29)13(33-2)36-6;1-3-6(7)4-5(2)11-12(8,9)10/h3-7,10,12-15H,8-9H2,1-2H3,(H,16,17,18)(H,19,20,21);5-14H,3-4H2,1-2H3,(H,15,16,17)(H,18,19,20)(H,21,22,23)(H,24,25,26)(H,27,28,29)(H,30,31,32);5-7H,3-4H2,1-2H3,(H,8,9,10)/p-9. The third kappa shape index (κ3) is 21.8. The second-order valence-corrected chi connectivity index (χ2v) is 30.7. The number of hydrogen-bond donors (Lipinski definition) is 1. The van der Waals surface area contributed by atoms with Crippen LogP contribution in [0.1, 0.15) is 52.5 Å². The number of methoxy groups -OCH3 is 2. The molecule has 1 N–H and O–H groups in total. The first kappa shape index (κ1) is 74.2. The molecule has 17 atom stereocenters.